The summed E-state index contributed by atoms with van der Waals surface area (Å²) in [5, 5.41) is 6.88. The average Bonchev–Trinajstić information content (AvgIpc) is 1.98. The van der Waals surface area contributed by atoms with Gasteiger partial charge in [-0.15, -0.1) is 0 Å². The number of rotatable bonds is 0. The lowest BCUT2D eigenvalue weighted by Gasteiger charge is -1.83. The fourth-order valence-corrected chi connectivity index (χ4v) is 0.607. The van der Waals surface area contributed by atoms with Crippen LogP contribution in [0.5, 0.6) is 0 Å². The Balaban J connectivity index is 3.19. The van der Waals surface area contributed by atoms with E-state index in [2.05, 4.69) is 17.1 Å². The van der Waals surface area contributed by atoms with Crippen LogP contribution in [0.3, 0.4) is 0 Å². The van der Waals surface area contributed by atoms with E-state index in [-0.39, 0.29) is 0 Å². The molecule has 0 amide bonds. The van der Waals surface area contributed by atoms with Gasteiger partial charge in [-0.1, -0.05) is 0 Å². The van der Waals surface area contributed by atoms with Crippen LogP contribution in [0.4, 0.5) is 0 Å². The first-order valence-electron chi connectivity index (χ1n) is 2.70. The third-order valence-corrected chi connectivity index (χ3v) is 1.50. The van der Waals surface area contributed by atoms with Crippen molar-refractivity contribution in [2.75, 3.05) is 0 Å². The molecule has 1 aromatic heterocycles. The highest BCUT2D eigenvalue weighted by Gasteiger charge is 1.96. The quantitative estimate of drug-likeness (QED) is 0.536. The molecule has 0 bridgehead atoms. The highest BCUT2D eigenvalue weighted by Crippen LogP contribution is 2.04. The molecule has 0 aliphatic rings. The Morgan fingerprint density at radius 3 is 2.00 bits per heavy atom. The number of aromatic amines is 1. The lowest BCUT2D eigenvalue weighted by atomic mass is 10.2. The predicted octanol–water partition coefficient (Wildman–Crippen LogP) is 1.33. The Morgan fingerprint density at radius 2 is 1.88 bits per heavy atom. The third kappa shape index (κ3) is 0.619. The number of hydrogen-bond acceptors (Lipinski definition) is 1. The lowest BCUT2D eigenvalue weighted by Crippen LogP contribution is -1.73. The Kier molecular flexibility index (Phi) is 1.08. The second-order valence-electron chi connectivity index (χ2n) is 2.06. The molecule has 0 unspecified atom stereocenters. The average molecular weight is 110 g/mol. The first-order chi connectivity index (χ1) is 3.72. The maximum atomic E-state index is 3.99. The molecule has 0 aromatic carbocycles. The van der Waals surface area contributed by atoms with Crippen LogP contribution in [0, 0.1) is 20.8 Å². The first kappa shape index (κ1) is 5.35. The third-order valence-electron chi connectivity index (χ3n) is 1.50. The van der Waals surface area contributed by atoms with E-state index in [9.17, 15) is 0 Å². The SMILES string of the molecule is Cc1n[nH]c(C)c1C. The van der Waals surface area contributed by atoms with E-state index in [1.807, 2.05) is 13.8 Å². The summed E-state index contributed by atoms with van der Waals surface area (Å²) in [6, 6.07) is 0. The number of nitrogens with zero attached hydrogens (tertiary/aromatic N) is 1. The minimum absolute atomic E-state index is 1.10. The van der Waals surface area contributed by atoms with Gasteiger partial charge in [-0.3, -0.25) is 5.10 Å². The number of hydrogen-bond donors (Lipinski definition) is 1. The van der Waals surface area contributed by atoms with Crippen LogP contribution in [0.15, 0.2) is 0 Å². The number of aryl methyl sites for hydroxylation is 2. The largest absolute Gasteiger partial charge is 0.282 e. The van der Waals surface area contributed by atoms with Crippen LogP contribution < -0.4 is 0 Å². The molecule has 1 heterocycles. The fraction of sp³-hybridized carbons (Fsp3) is 0.500. The van der Waals surface area contributed by atoms with Gasteiger partial charge in [0.2, 0.25) is 0 Å². The van der Waals surface area contributed by atoms with Crippen LogP contribution in [-0.2, 0) is 0 Å². The molecule has 2 heteroatoms. The van der Waals surface area contributed by atoms with Crippen molar-refractivity contribution in [3.8, 4) is 0 Å². The van der Waals surface area contributed by atoms with Gasteiger partial charge in [0.15, 0.2) is 0 Å². The molecule has 0 saturated carbocycles. The Hall–Kier alpha value is -0.790. The van der Waals surface area contributed by atoms with E-state index in [0.29, 0.717) is 0 Å². The summed E-state index contributed by atoms with van der Waals surface area (Å²) in [6.45, 7) is 6.09. The van der Waals surface area contributed by atoms with Gasteiger partial charge in [0.1, 0.15) is 0 Å². The highest BCUT2D eigenvalue weighted by molar-refractivity contribution is 5.20. The standard InChI is InChI=1S/C6H10N2/c1-4-5(2)7-8-6(4)3/h1-3H3,(H,7,8). The van der Waals surface area contributed by atoms with E-state index < -0.39 is 0 Å². The van der Waals surface area contributed by atoms with Crippen molar-refractivity contribution in [1.29, 1.82) is 0 Å². The number of nitrogens with one attached hydrogen (secondary N) is 1. The minimum Gasteiger partial charge on any atom is -0.282 e. The highest BCUT2D eigenvalue weighted by atomic mass is 15.1. The zero-order valence-electron chi connectivity index (χ0n) is 5.45. The van der Waals surface area contributed by atoms with Crippen LogP contribution >= 0.6 is 0 Å². The Morgan fingerprint density at radius 1 is 1.25 bits per heavy atom. The van der Waals surface area contributed by atoms with E-state index in [1.54, 1.807) is 0 Å². The Labute approximate surface area is 48.9 Å². The molecule has 0 aliphatic heterocycles. The van der Waals surface area contributed by atoms with Crippen molar-refractivity contribution in [1.82, 2.24) is 10.2 Å². The van der Waals surface area contributed by atoms with Gasteiger partial charge in [0, 0.05) is 5.69 Å². The molecule has 0 aliphatic carbocycles. The molecule has 0 saturated heterocycles. The van der Waals surface area contributed by atoms with Crippen molar-refractivity contribution in [2.24, 2.45) is 0 Å². The van der Waals surface area contributed by atoms with Crippen molar-refractivity contribution < 1.29 is 0 Å². The summed E-state index contributed by atoms with van der Waals surface area (Å²) < 4.78 is 0. The summed E-state index contributed by atoms with van der Waals surface area (Å²) in [7, 11) is 0. The van der Waals surface area contributed by atoms with Crippen molar-refractivity contribution in [3.05, 3.63) is 17.0 Å². The molecule has 0 fully saturated rings. The van der Waals surface area contributed by atoms with E-state index in [0.717, 1.165) is 5.69 Å². The molecular weight excluding hydrogens is 100 g/mol. The summed E-state index contributed by atoms with van der Waals surface area (Å²) >= 11 is 0. The molecule has 0 atom stereocenters. The number of aromatic nitrogens is 2. The molecular formula is C6H10N2. The molecule has 8 heavy (non-hydrogen) atoms. The first-order valence-corrected chi connectivity index (χ1v) is 2.70. The van der Waals surface area contributed by atoms with E-state index in [4.69, 9.17) is 0 Å². The monoisotopic (exact) mass is 110 g/mol. The van der Waals surface area contributed by atoms with E-state index >= 15 is 0 Å². The zero-order valence-corrected chi connectivity index (χ0v) is 5.45. The van der Waals surface area contributed by atoms with Gasteiger partial charge >= 0.3 is 0 Å². The normalized spacial score (nSPS) is 9.88. The van der Waals surface area contributed by atoms with Gasteiger partial charge in [-0.05, 0) is 26.3 Å². The number of H-pyrrole nitrogens is 1. The predicted molar refractivity (Wildman–Crippen MR) is 32.8 cm³/mol. The van der Waals surface area contributed by atoms with Crippen LogP contribution in [-0.4, -0.2) is 10.2 Å². The van der Waals surface area contributed by atoms with Gasteiger partial charge in [0.05, 0.1) is 5.69 Å². The smallest absolute Gasteiger partial charge is 0.0623 e. The van der Waals surface area contributed by atoms with Crippen LogP contribution in [0.1, 0.15) is 17.0 Å². The van der Waals surface area contributed by atoms with Crippen LogP contribution in [0.25, 0.3) is 0 Å². The zero-order chi connectivity index (χ0) is 6.15. The Bertz CT molecular complexity index is 169. The molecule has 1 rings (SSSR count). The molecule has 2 nitrogen and oxygen atoms in total. The summed E-state index contributed by atoms with van der Waals surface area (Å²) in [5.74, 6) is 0. The lowest BCUT2D eigenvalue weighted by molar-refractivity contribution is 1.02. The second-order valence-corrected chi connectivity index (χ2v) is 2.06. The van der Waals surface area contributed by atoms with Gasteiger partial charge in [-0.25, -0.2) is 0 Å². The topological polar surface area (TPSA) is 28.7 Å². The van der Waals surface area contributed by atoms with Crippen LogP contribution in [0.2, 0.25) is 0 Å². The van der Waals surface area contributed by atoms with Gasteiger partial charge in [-0.2, -0.15) is 5.10 Å². The molecule has 0 spiro atoms. The summed E-state index contributed by atoms with van der Waals surface area (Å²) in [6.07, 6.45) is 0. The van der Waals surface area contributed by atoms with Crippen molar-refractivity contribution in [2.45, 2.75) is 20.8 Å². The summed E-state index contributed by atoms with van der Waals surface area (Å²) in [4.78, 5) is 0. The second kappa shape index (κ2) is 1.62. The van der Waals surface area contributed by atoms with E-state index in [1.165, 1.54) is 11.3 Å². The van der Waals surface area contributed by atoms with Crippen molar-refractivity contribution in [3.63, 3.8) is 0 Å². The fourth-order valence-electron chi connectivity index (χ4n) is 0.607. The maximum absolute atomic E-state index is 3.99. The molecule has 1 N–H and O–H groups in total. The molecule has 1 aromatic rings. The summed E-state index contributed by atoms with van der Waals surface area (Å²) in [5.41, 5.74) is 3.54. The molecule has 0 radical (unpaired) electrons. The van der Waals surface area contributed by atoms with Gasteiger partial charge in [0.25, 0.3) is 0 Å². The molecule has 44 valence electrons. The van der Waals surface area contributed by atoms with Crippen molar-refractivity contribution >= 4 is 0 Å². The maximum Gasteiger partial charge on any atom is 0.0623 e. The van der Waals surface area contributed by atoms with Gasteiger partial charge < -0.3 is 0 Å². The minimum atomic E-state index is 1.10.